The summed E-state index contributed by atoms with van der Waals surface area (Å²) in [5, 5.41) is 11.5. The fraction of sp³-hybridized carbons (Fsp3) is 0.545. The number of imidazole rings is 1. The molecule has 0 radical (unpaired) electrons. The molecular formula is C11H19N5O2. The molecule has 1 rings (SSSR count). The molecule has 0 aromatic carbocycles. The molecule has 7 nitrogen and oxygen atoms in total. The summed E-state index contributed by atoms with van der Waals surface area (Å²) in [6.07, 6.45) is 3.24. The maximum absolute atomic E-state index is 12.1. The molecule has 7 heteroatoms. The van der Waals surface area contributed by atoms with Gasteiger partial charge in [-0.25, -0.2) is 4.98 Å². The van der Waals surface area contributed by atoms with Crippen molar-refractivity contribution in [1.29, 1.82) is 0 Å². The van der Waals surface area contributed by atoms with E-state index in [0.29, 0.717) is 18.8 Å². The molecule has 1 unspecified atom stereocenters. The first-order chi connectivity index (χ1) is 8.49. The topological polar surface area (TPSA) is 96.7 Å². The van der Waals surface area contributed by atoms with Crippen LogP contribution in [0.15, 0.2) is 17.7 Å². The molecule has 1 aromatic rings. The fourth-order valence-electron chi connectivity index (χ4n) is 1.56. The van der Waals surface area contributed by atoms with Gasteiger partial charge in [0.1, 0.15) is 11.5 Å². The van der Waals surface area contributed by atoms with Gasteiger partial charge in [0.25, 0.3) is 5.91 Å². The molecule has 0 spiro atoms. The summed E-state index contributed by atoms with van der Waals surface area (Å²) in [4.78, 5) is 17.8. The fourth-order valence-corrected chi connectivity index (χ4v) is 1.56. The number of hydrogen-bond acceptors (Lipinski definition) is 4. The third-order valence-corrected chi connectivity index (χ3v) is 2.71. The molecule has 100 valence electrons. The van der Waals surface area contributed by atoms with Gasteiger partial charge >= 0.3 is 0 Å². The quantitative estimate of drug-likeness (QED) is 0.340. The summed E-state index contributed by atoms with van der Waals surface area (Å²) in [6.45, 7) is 4.60. The van der Waals surface area contributed by atoms with Gasteiger partial charge in [-0.2, -0.15) is 0 Å². The van der Waals surface area contributed by atoms with Gasteiger partial charge in [0.2, 0.25) is 0 Å². The highest BCUT2D eigenvalue weighted by Crippen LogP contribution is 2.06. The van der Waals surface area contributed by atoms with Crippen molar-refractivity contribution in [3.63, 3.8) is 0 Å². The Morgan fingerprint density at radius 1 is 1.72 bits per heavy atom. The minimum Gasteiger partial charge on any atom is -0.409 e. The Labute approximate surface area is 106 Å². The van der Waals surface area contributed by atoms with Crippen molar-refractivity contribution in [2.75, 3.05) is 13.1 Å². The zero-order valence-corrected chi connectivity index (χ0v) is 10.9. The van der Waals surface area contributed by atoms with E-state index in [1.54, 1.807) is 36.0 Å². The number of nitrogens with zero attached hydrogens (tertiary/aromatic N) is 4. The molecule has 1 aromatic heterocycles. The lowest BCUT2D eigenvalue weighted by Crippen LogP contribution is -2.38. The zero-order valence-electron chi connectivity index (χ0n) is 10.9. The Balaban J connectivity index is 2.75. The first-order valence-electron chi connectivity index (χ1n) is 5.74. The standard InChI is InChI=1S/C11H19N5O2/c1-4-16(5-8(2)10(12)14-18)11(17)9-6-15(3)7-13-9/h6-8,18H,4-5H2,1-3H3,(H2,12,14). The van der Waals surface area contributed by atoms with Crippen LogP contribution in [0, 0.1) is 5.92 Å². The number of carbonyl (C=O) groups is 1. The monoisotopic (exact) mass is 253 g/mol. The van der Waals surface area contributed by atoms with Crippen molar-refractivity contribution in [2.45, 2.75) is 13.8 Å². The Morgan fingerprint density at radius 3 is 2.83 bits per heavy atom. The molecule has 0 saturated heterocycles. The summed E-state index contributed by atoms with van der Waals surface area (Å²) < 4.78 is 1.72. The maximum atomic E-state index is 12.1. The van der Waals surface area contributed by atoms with Crippen LogP contribution in [0.5, 0.6) is 0 Å². The number of carbonyl (C=O) groups excluding carboxylic acids is 1. The van der Waals surface area contributed by atoms with Gasteiger partial charge < -0.3 is 20.4 Å². The van der Waals surface area contributed by atoms with E-state index in [1.807, 2.05) is 6.92 Å². The van der Waals surface area contributed by atoms with Crippen molar-refractivity contribution in [2.24, 2.45) is 23.9 Å². The van der Waals surface area contributed by atoms with Crippen molar-refractivity contribution < 1.29 is 10.0 Å². The highest BCUT2D eigenvalue weighted by molar-refractivity contribution is 5.92. The number of hydrogen-bond donors (Lipinski definition) is 2. The molecule has 0 aliphatic rings. The minimum absolute atomic E-state index is 0.113. The number of rotatable bonds is 5. The smallest absolute Gasteiger partial charge is 0.274 e. The van der Waals surface area contributed by atoms with E-state index in [-0.39, 0.29) is 17.7 Å². The third kappa shape index (κ3) is 3.22. The summed E-state index contributed by atoms with van der Waals surface area (Å²) in [7, 11) is 1.80. The molecule has 1 amide bonds. The highest BCUT2D eigenvalue weighted by atomic mass is 16.4. The van der Waals surface area contributed by atoms with Gasteiger partial charge in [-0.05, 0) is 6.92 Å². The highest BCUT2D eigenvalue weighted by Gasteiger charge is 2.20. The summed E-state index contributed by atoms with van der Waals surface area (Å²) in [5.74, 6) is -0.249. The van der Waals surface area contributed by atoms with Gasteiger partial charge in [0.05, 0.1) is 6.33 Å². The predicted molar refractivity (Wildman–Crippen MR) is 67.4 cm³/mol. The van der Waals surface area contributed by atoms with Gasteiger partial charge in [0.15, 0.2) is 0 Å². The molecule has 1 atom stereocenters. The van der Waals surface area contributed by atoms with Crippen LogP contribution >= 0.6 is 0 Å². The SMILES string of the molecule is CCN(CC(C)C(N)=NO)C(=O)c1cn(C)cn1. The maximum Gasteiger partial charge on any atom is 0.274 e. The average molecular weight is 253 g/mol. The van der Waals surface area contributed by atoms with Crippen molar-refractivity contribution in [3.05, 3.63) is 18.2 Å². The lowest BCUT2D eigenvalue weighted by Gasteiger charge is -2.23. The minimum atomic E-state index is -0.206. The summed E-state index contributed by atoms with van der Waals surface area (Å²) in [6, 6.07) is 0. The van der Waals surface area contributed by atoms with Gasteiger partial charge in [0, 0.05) is 32.3 Å². The second-order valence-electron chi connectivity index (χ2n) is 4.19. The molecule has 1 heterocycles. The Hall–Kier alpha value is -2.05. The normalized spacial score (nSPS) is 13.4. The summed E-state index contributed by atoms with van der Waals surface area (Å²) >= 11 is 0. The zero-order chi connectivity index (χ0) is 13.7. The predicted octanol–water partition coefficient (Wildman–Crippen LogP) is 0.265. The van der Waals surface area contributed by atoms with E-state index in [4.69, 9.17) is 10.9 Å². The number of oxime groups is 1. The van der Waals surface area contributed by atoms with Crippen LogP contribution in [0.1, 0.15) is 24.3 Å². The van der Waals surface area contributed by atoms with E-state index in [0.717, 1.165) is 0 Å². The molecule has 0 bridgehead atoms. The molecule has 0 aliphatic heterocycles. The van der Waals surface area contributed by atoms with Crippen molar-refractivity contribution in [3.8, 4) is 0 Å². The van der Waals surface area contributed by atoms with Crippen LogP contribution in [-0.4, -0.2) is 44.5 Å². The number of nitrogens with two attached hydrogens (primary N) is 1. The van der Waals surface area contributed by atoms with Crippen molar-refractivity contribution in [1.82, 2.24) is 14.5 Å². The third-order valence-electron chi connectivity index (χ3n) is 2.71. The first kappa shape index (κ1) is 14.0. The van der Waals surface area contributed by atoms with Gasteiger partial charge in [-0.15, -0.1) is 0 Å². The van der Waals surface area contributed by atoms with E-state index < -0.39 is 0 Å². The van der Waals surface area contributed by atoms with Crippen LogP contribution in [0.25, 0.3) is 0 Å². The molecule has 0 saturated carbocycles. The number of amidine groups is 1. The van der Waals surface area contributed by atoms with E-state index in [1.165, 1.54) is 0 Å². The first-order valence-corrected chi connectivity index (χ1v) is 5.74. The Morgan fingerprint density at radius 2 is 2.39 bits per heavy atom. The van der Waals surface area contributed by atoms with E-state index in [9.17, 15) is 4.79 Å². The Bertz CT molecular complexity index is 440. The number of amides is 1. The molecule has 0 aliphatic carbocycles. The number of aromatic nitrogens is 2. The van der Waals surface area contributed by atoms with Crippen LogP contribution in [0.2, 0.25) is 0 Å². The molecule has 18 heavy (non-hydrogen) atoms. The van der Waals surface area contributed by atoms with Gasteiger partial charge in [-0.1, -0.05) is 12.1 Å². The second-order valence-corrected chi connectivity index (χ2v) is 4.19. The van der Waals surface area contributed by atoms with Crippen LogP contribution in [0.4, 0.5) is 0 Å². The van der Waals surface area contributed by atoms with Crippen LogP contribution in [0.3, 0.4) is 0 Å². The molecular weight excluding hydrogens is 234 g/mol. The van der Waals surface area contributed by atoms with Crippen molar-refractivity contribution >= 4 is 11.7 Å². The Kier molecular flexibility index (Phi) is 4.70. The van der Waals surface area contributed by atoms with E-state index >= 15 is 0 Å². The molecule has 0 fully saturated rings. The lowest BCUT2D eigenvalue weighted by molar-refractivity contribution is 0.0748. The average Bonchev–Trinajstić information content (AvgIpc) is 2.80. The van der Waals surface area contributed by atoms with Gasteiger partial charge in [-0.3, -0.25) is 4.79 Å². The second kappa shape index (κ2) is 6.04. The largest absolute Gasteiger partial charge is 0.409 e. The number of aryl methyl sites for hydroxylation is 1. The van der Waals surface area contributed by atoms with E-state index in [2.05, 4.69) is 10.1 Å². The molecule has 3 N–H and O–H groups in total. The lowest BCUT2D eigenvalue weighted by atomic mass is 10.1. The van der Waals surface area contributed by atoms with Crippen LogP contribution < -0.4 is 5.73 Å². The van der Waals surface area contributed by atoms with Crippen LogP contribution in [-0.2, 0) is 7.05 Å². The summed E-state index contributed by atoms with van der Waals surface area (Å²) in [5.41, 5.74) is 5.90.